The predicted octanol–water partition coefficient (Wildman–Crippen LogP) is 4.13. The second-order valence-corrected chi connectivity index (χ2v) is 7.62. The molecule has 25 heavy (non-hydrogen) atoms. The summed E-state index contributed by atoms with van der Waals surface area (Å²) in [5, 5.41) is 10.8. The minimum Gasteiger partial charge on any atom is -0.508 e. The van der Waals surface area contributed by atoms with Crippen molar-refractivity contribution < 1.29 is 9.90 Å². The van der Waals surface area contributed by atoms with E-state index in [1.807, 2.05) is 6.26 Å². The summed E-state index contributed by atoms with van der Waals surface area (Å²) in [5.41, 5.74) is 6.90. The fourth-order valence-corrected chi connectivity index (χ4v) is 4.67. The van der Waals surface area contributed by atoms with Crippen molar-refractivity contribution in [3.05, 3.63) is 46.1 Å². The molecule has 3 rings (SSSR count). The van der Waals surface area contributed by atoms with Crippen LogP contribution in [0.5, 0.6) is 5.75 Å². The van der Waals surface area contributed by atoms with E-state index in [9.17, 15) is 9.90 Å². The Morgan fingerprint density at radius 2 is 2.12 bits per heavy atom. The molecular formula is C17H17Cl2N3O2S. The Hall–Kier alpha value is -1.63. The number of benzene rings is 1. The van der Waals surface area contributed by atoms with Crippen LogP contribution < -0.4 is 10.6 Å². The Kier molecular flexibility index (Phi) is 5.32. The quantitative estimate of drug-likeness (QED) is 0.810. The van der Waals surface area contributed by atoms with E-state index in [4.69, 9.17) is 28.9 Å². The Morgan fingerprint density at radius 1 is 1.36 bits per heavy atom. The second kappa shape index (κ2) is 7.32. The number of phenols is 1. The fourth-order valence-electron chi connectivity index (χ4n) is 3.12. The summed E-state index contributed by atoms with van der Waals surface area (Å²) in [7, 11) is 0. The third-order valence-corrected chi connectivity index (χ3v) is 6.26. The highest BCUT2D eigenvalue weighted by Crippen LogP contribution is 2.48. The summed E-state index contributed by atoms with van der Waals surface area (Å²) in [6.07, 6.45) is 3.88. The topological polar surface area (TPSA) is 79.5 Å². The lowest BCUT2D eigenvalue weighted by Crippen LogP contribution is -2.25. The van der Waals surface area contributed by atoms with E-state index >= 15 is 0 Å². The molecule has 0 saturated carbocycles. The lowest BCUT2D eigenvalue weighted by molar-refractivity contribution is -0.117. The van der Waals surface area contributed by atoms with Gasteiger partial charge in [-0.05, 0) is 30.5 Å². The molecule has 3 N–H and O–H groups in total. The van der Waals surface area contributed by atoms with Crippen LogP contribution in [0.15, 0.2) is 30.5 Å². The molecule has 1 aromatic heterocycles. The third-order valence-electron chi connectivity index (χ3n) is 4.31. The largest absolute Gasteiger partial charge is 0.508 e. The molecule has 0 bridgehead atoms. The first-order chi connectivity index (χ1) is 11.9. The van der Waals surface area contributed by atoms with Crippen molar-refractivity contribution in [3.63, 3.8) is 0 Å². The molecule has 1 amide bonds. The van der Waals surface area contributed by atoms with Gasteiger partial charge in [-0.25, -0.2) is 4.98 Å². The maximum Gasteiger partial charge on any atom is 0.227 e. The Labute approximate surface area is 160 Å². The number of rotatable bonds is 4. The van der Waals surface area contributed by atoms with Crippen LogP contribution in [0.4, 0.5) is 11.5 Å². The number of aromatic nitrogens is 1. The van der Waals surface area contributed by atoms with Gasteiger partial charge < -0.3 is 15.7 Å². The van der Waals surface area contributed by atoms with Gasteiger partial charge in [0.2, 0.25) is 5.91 Å². The van der Waals surface area contributed by atoms with Gasteiger partial charge in [0.05, 0.1) is 21.9 Å². The van der Waals surface area contributed by atoms with Crippen LogP contribution in [0.2, 0.25) is 10.0 Å². The van der Waals surface area contributed by atoms with Crippen LogP contribution >= 0.6 is 35.0 Å². The highest BCUT2D eigenvalue weighted by Gasteiger charge is 2.38. The Bertz CT molecular complexity index is 801. The van der Waals surface area contributed by atoms with E-state index in [1.54, 1.807) is 41.1 Å². The van der Waals surface area contributed by atoms with Crippen LogP contribution in [0.25, 0.3) is 0 Å². The summed E-state index contributed by atoms with van der Waals surface area (Å²) in [4.78, 5) is 18.2. The summed E-state index contributed by atoms with van der Waals surface area (Å²) < 4.78 is 0. The number of hydrogen-bond donors (Lipinski definition) is 2. The molecule has 0 aliphatic carbocycles. The molecule has 1 unspecified atom stereocenters. The maximum absolute atomic E-state index is 12.5. The lowest BCUT2D eigenvalue weighted by atomic mass is 9.97. The third kappa shape index (κ3) is 3.52. The van der Waals surface area contributed by atoms with Crippen molar-refractivity contribution in [3.8, 4) is 5.75 Å². The molecule has 8 heteroatoms. The molecule has 1 aromatic carbocycles. The SMILES string of the molecule is CS[C@H](c1c(O)ccc(Cl)c1Cl)C1CC(=O)N(c2ccc(N)nc2)C1. The van der Waals surface area contributed by atoms with E-state index in [2.05, 4.69) is 4.98 Å². The smallest absolute Gasteiger partial charge is 0.227 e. The zero-order chi connectivity index (χ0) is 18.1. The number of pyridine rings is 1. The first kappa shape index (κ1) is 18.2. The highest BCUT2D eigenvalue weighted by atomic mass is 35.5. The van der Waals surface area contributed by atoms with Gasteiger partial charge in [-0.2, -0.15) is 11.8 Å². The molecule has 5 nitrogen and oxygen atoms in total. The van der Waals surface area contributed by atoms with Crippen molar-refractivity contribution in [2.45, 2.75) is 11.7 Å². The number of thioether (sulfide) groups is 1. The van der Waals surface area contributed by atoms with E-state index in [1.165, 1.54) is 6.07 Å². The van der Waals surface area contributed by atoms with Gasteiger partial charge in [0.1, 0.15) is 11.6 Å². The van der Waals surface area contributed by atoms with Crippen LogP contribution in [-0.4, -0.2) is 28.8 Å². The number of aromatic hydroxyl groups is 1. The molecule has 2 aromatic rings. The normalized spacial score (nSPS) is 18.6. The van der Waals surface area contributed by atoms with Gasteiger partial charge >= 0.3 is 0 Å². The number of nitrogen functional groups attached to an aromatic ring is 1. The zero-order valence-electron chi connectivity index (χ0n) is 13.4. The van der Waals surface area contributed by atoms with Crippen molar-refractivity contribution in [2.75, 3.05) is 23.4 Å². The Balaban J connectivity index is 1.90. The number of amides is 1. The number of anilines is 2. The van der Waals surface area contributed by atoms with Crippen molar-refractivity contribution in [1.82, 2.24) is 4.98 Å². The van der Waals surface area contributed by atoms with Crippen molar-refractivity contribution in [1.29, 1.82) is 0 Å². The van der Waals surface area contributed by atoms with Crippen LogP contribution in [0.1, 0.15) is 17.2 Å². The minimum atomic E-state index is -0.151. The summed E-state index contributed by atoms with van der Waals surface area (Å²) in [5.74, 6) is 0.494. The van der Waals surface area contributed by atoms with Gasteiger partial charge in [0.15, 0.2) is 0 Å². The first-order valence-corrected chi connectivity index (χ1v) is 9.68. The maximum atomic E-state index is 12.5. The van der Waals surface area contributed by atoms with Crippen LogP contribution in [-0.2, 0) is 4.79 Å². The van der Waals surface area contributed by atoms with E-state index in [0.717, 1.165) is 0 Å². The summed E-state index contributed by atoms with van der Waals surface area (Å²) >= 11 is 14.0. The molecule has 2 heterocycles. The number of carbonyl (C=O) groups excluding carboxylic acids is 1. The van der Waals surface area contributed by atoms with E-state index in [0.29, 0.717) is 40.1 Å². The fraction of sp³-hybridized carbons (Fsp3) is 0.294. The molecule has 1 saturated heterocycles. The van der Waals surface area contributed by atoms with Gasteiger partial charge in [-0.15, -0.1) is 0 Å². The van der Waals surface area contributed by atoms with Crippen molar-refractivity contribution in [2.24, 2.45) is 5.92 Å². The van der Waals surface area contributed by atoms with Gasteiger partial charge in [-0.3, -0.25) is 4.79 Å². The van der Waals surface area contributed by atoms with Gasteiger partial charge in [-0.1, -0.05) is 23.2 Å². The molecular weight excluding hydrogens is 381 g/mol. The summed E-state index contributed by atoms with van der Waals surface area (Å²) in [6.45, 7) is 0.512. The summed E-state index contributed by atoms with van der Waals surface area (Å²) in [6, 6.07) is 6.54. The van der Waals surface area contributed by atoms with Crippen LogP contribution in [0, 0.1) is 5.92 Å². The average molecular weight is 398 g/mol. The lowest BCUT2D eigenvalue weighted by Gasteiger charge is -2.24. The monoisotopic (exact) mass is 397 g/mol. The number of phenolic OH excluding ortho intramolecular Hbond substituents is 1. The molecule has 1 fully saturated rings. The second-order valence-electron chi connectivity index (χ2n) is 5.86. The Morgan fingerprint density at radius 3 is 2.76 bits per heavy atom. The highest BCUT2D eigenvalue weighted by molar-refractivity contribution is 7.98. The number of carbonyl (C=O) groups is 1. The predicted molar refractivity (Wildman–Crippen MR) is 103 cm³/mol. The van der Waals surface area contributed by atoms with Crippen molar-refractivity contribution >= 4 is 52.4 Å². The molecule has 132 valence electrons. The molecule has 0 radical (unpaired) electrons. The van der Waals surface area contributed by atoms with Crippen LogP contribution in [0.3, 0.4) is 0 Å². The van der Waals surface area contributed by atoms with Gasteiger partial charge in [0.25, 0.3) is 0 Å². The number of hydrogen-bond acceptors (Lipinski definition) is 5. The molecule has 2 atom stereocenters. The van der Waals surface area contributed by atoms with E-state index < -0.39 is 0 Å². The molecule has 1 aliphatic rings. The molecule has 0 spiro atoms. The molecule has 1 aliphatic heterocycles. The van der Waals surface area contributed by atoms with E-state index in [-0.39, 0.29) is 22.8 Å². The van der Waals surface area contributed by atoms with Gasteiger partial charge in [0, 0.05) is 29.7 Å². The average Bonchev–Trinajstić information content (AvgIpc) is 2.97. The number of nitrogens with zero attached hydrogens (tertiary/aromatic N) is 2. The minimum absolute atomic E-state index is 0.00765. The number of nitrogens with two attached hydrogens (primary N) is 1. The number of halogens is 2. The zero-order valence-corrected chi connectivity index (χ0v) is 15.8. The first-order valence-electron chi connectivity index (χ1n) is 7.64. The standard InChI is InChI=1S/C17H17Cl2N3O2S/c1-25-17(15-12(23)4-3-11(18)16(15)19)9-6-14(24)22(8-9)10-2-5-13(20)21-7-10/h2-5,7,9,17,23H,6,8H2,1H3,(H2,20,21)/t9?,17-/m0/s1.